The Morgan fingerprint density at radius 3 is 2.53 bits per heavy atom. The predicted octanol–water partition coefficient (Wildman–Crippen LogP) is 4.05. The molecule has 0 bridgehead atoms. The van der Waals surface area contributed by atoms with Gasteiger partial charge in [-0.25, -0.2) is 18.4 Å². The molecular weight excluding hydrogens is 543 g/mol. The molecule has 5 rings (SSSR count). The molecule has 2 N–H and O–H groups in total. The van der Waals surface area contributed by atoms with Gasteiger partial charge in [0.05, 0.1) is 37.8 Å². The van der Waals surface area contributed by atoms with Crippen molar-refractivity contribution in [2.24, 2.45) is 0 Å². The number of sulfone groups is 1. The molecule has 1 saturated heterocycles. The number of hydrogen-bond donors (Lipinski definition) is 2. The second kappa shape index (κ2) is 10.1. The molecule has 0 aliphatic carbocycles. The van der Waals surface area contributed by atoms with Crippen LogP contribution < -0.4 is 20.4 Å². The maximum atomic E-state index is 13.2. The molecule has 188 valence electrons. The van der Waals surface area contributed by atoms with Crippen molar-refractivity contribution in [3.63, 3.8) is 0 Å². The number of rotatable bonds is 5. The largest absolute Gasteiger partial charge is 0.368 e. The van der Waals surface area contributed by atoms with Gasteiger partial charge in [-0.15, -0.1) is 0 Å². The van der Waals surface area contributed by atoms with Crippen LogP contribution in [0.15, 0.2) is 52.5 Å². The predicted molar refractivity (Wildman–Crippen MR) is 144 cm³/mol. The Bertz CT molecular complexity index is 1430. The Labute approximate surface area is 223 Å². The summed E-state index contributed by atoms with van der Waals surface area (Å²) in [6, 6.07) is 10.3. The Morgan fingerprint density at radius 2 is 1.83 bits per heavy atom. The Balaban J connectivity index is 1.41. The van der Waals surface area contributed by atoms with Crippen molar-refractivity contribution >= 4 is 73.7 Å². The zero-order valence-electron chi connectivity index (χ0n) is 19.2. The highest BCUT2D eigenvalue weighted by molar-refractivity contribution is 7.99. The molecule has 0 saturated carbocycles. The smallest absolute Gasteiger partial charge is 0.263 e. The van der Waals surface area contributed by atoms with Crippen molar-refractivity contribution in [1.82, 2.24) is 15.3 Å². The Morgan fingerprint density at radius 1 is 1.11 bits per heavy atom. The monoisotopic (exact) mass is 564 g/mol. The molecule has 0 radical (unpaired) electrons. The van der Waals surface area contributed by atoms with E-state index in [2.05, 4.69) is 25.5 Å². The summed E-state index contributed by atoms with van der Waals surface area (Å²) in [6.07, 6.45) is 2.65. The van der Waals surface area contributed by atoms with Crippen molar-refractivity contribution in [2.75, 3.05) is 53.4 Å². The minimum Gasteiger partial charge on any atom is -0.368 e. The van der Waals surface area contributed by atoms with E-state index in [-0.39, 0.29) is 22.6 Å². The maximum absolute atomic E-state index is 13.2. The molecule has 2 aliphatic heterocycles. The van der Waals surface area contributed by atoms with Crippen LogP contribution in [0.3, 0.4) is 0 Å². The Kier molecular flexibility index (Phi) is 7.01. The van der Waals surface area contributed by atoms with Crippen LogP contribution in [0.4, 0.5) is 23.0 Å². The number of anilines is 4. The van der Waals surface area contributed by atoms with Crippen LogP contribution in [-0.2, 0) is 9.84 Å². The van der Waals surface area contributed by atoms with Crippen molar-refractivity contribution in [1.29, 1.82) is 0 Å². The van der Waals surface area contributed by atoms with Crippen LogP contribution in [-0.4, -0.2) is 62.6 Å². The van der Waals surface area contributed by atoms with Crippen molar-refractivity contribution in [3.8, 4) is 0 Å². The molecule has 9 nitrogen and oxygen atoms in total. The first-order valence-electron chi connectivity index (χ1n) is 11.0. The van der Waals surface area contributed by atoms with E-state index in [1.54, 1.807) is 36.4 Å². The van der Waals surface area contributed by atoms with E-state index in [0.717, 1.165) is 26.2 Å². The Hall–Kier alpha value is -2.57. The fraction of sp³-hybridized carbons (Fsp3) is 0.261. The number of thioether (sulfide) groups is 1. The molecule has 3 aromatic rings. The summed E-state index contributed by atoms with van der Waals surface area (Å²) in [6.45, 7) is 3.04. The van der Waals surface area contributed by atoms with Gasteiger partial charge in [0, 0.05) is 44.3 Å². The minimum absolute atomic E-state index is 0.240. The third kappa shape index (κ3) is 4.98. The van der Waals surface area contributed by atoms with Gasteiger partial charge >= 0.3 is 0 Å². The summed E-state index contributed by atoms with van der Waals surface area (Å²) >= 11 is 14.0. The fourth-order valence-corrected chi connectivity index (χ4v) is 6.57. The molecule has 0 spiro atoms. The fourth-order valence-electron chi connectivity index (χ4n) is 4.11. The van der Waals surface area contributed by atoms with Crippen molar-refractivity contribution in [2.45, 2.75) is 9.92 Å². The van der Waals surface area contributed by atoms with Crippen LogP contribution >= 0.6 is 35.0 Å². The van der Waals surface area contributed by atoms with Crippen LogP contribution in [0.2, 0.25) is 10.0 Å². The number of piperazine rings is 1. The van der Waals surface area contributed by atoms with Crippen LogP contribution in [0.1, 0.15) is 10.4 Å². The summed E-state index contributed by atoms with van der Waals surface area (Å²) in [5.41, 5.74) is 1.99. The molecule has 2 aliphatic rings. The molecule has 0 atom stereocenters. The molecule has 36 heavy (non-hydrogen) atoms. The van der Waals surface area contributed by atoms with Crippen LogP contribution in [0.5, 0.6) is 0 Å². The quantitative estimate of drug-likeness (QED) is 0.443. The van der Waals surface area contributed by atoms with E-state index in [1.165, 1.54) is 29.1 Å². The van der Waals surface area contributed by atoms with E-state index >= 15 is 0 Å². The second-order valence-corrected chi connectivity index (χ2v) is 12.0. The lowest BCUT2D eigenvalue weighted by Crippen LogP contribution is -2.44. The number of carbonyl (C=O) groups is 1. The number of benzene rings is 2. The highest BCUT2D eigenvalue weighted by Gasteiger charge is 2.30. The highest BCUT2D eigenvalue weighted by Crippen LogP contribution is 2.39. The number of amides is 1. The van der Waals surface area contributed by atoms with Gasteiger partial charge in [-0.1, -0.05) is 41.0 Å². The van der Waals surface area contributed by atoms with Crippen LogP contribution in [0.25, 0.3) is 0 Å². The average Bonchev–Trinajstić information content (AvgIpc) is 2.85. The number of fused-ring (bicyclic) bond motifs is 1. The maximum Gasteiger partial charge on any atom is 0.263 e. The van der Waals surface area contributed by atoms with E-state index in [9.17, 15) is 13.2 Å². The lowest BCUT2D eigenvalue weighted by atomic mass is 10.2. The van der Waals surface area contributed by atoms with E-state index in [4.69, 9.17) is 23.2 Å². The minimum atomic E-state index is -3.48. The first-order chi connectivity index (χ1) is 17.2. The molecule has 1 fully saturated rings. The van der Waals surface area contributed by atoms with E-state index < -0.39 is 9.84 Å². The first kappa shape index (κ1) is 25.1. The van der Waals surface area contributed by atoms with E-state index in [1.807, 2.05) is 0 Å². The number of nitrogens with zero attached hydrogens (tertiary/aromatic N) is 4. The number of para-hydroxylation sites is 1. The molecule has 0 unspecified atom stereocenters. The molecule has 3 heterocycles. The molecular formula is C23H22Cl2N6O3S2. The topological polar surface area (TPSA) is 108 Å². The molecule has 1 amide bonds. The van der Waals surface area contributed by atoms with Gasteiger partial charge < -0.3 is 15.5 Å². The van der Waals surface area contributed by atoms with Gasteiger partial charge in [0.25, 0.3) is 5.91 Å². The number of halogens is 2. The third-order valence-corrected chi connectivity index (χ3v) is 8.55. The SMILES string of the molecule is CS(=O)(=O)c1cc(Nc2ncc3c(n2)SCN(c2c(Cl)cccc2Cl)C3=O)ccc1N1CCNCC1. The summed E-state index contributed by atoms with van der Waals surface area (Å²) < 4.78 is 25.1. The molecule has 1 aromatic heterocycles. The molecule has 13 heteroatoms. The zero-order valence-corrected chi connectivity index (χ0v) is 22.3. The first-order valence-corrected chi connectivity index (χ1v) is 14.7. The number of hydrogen-bond acceptors (Lipinski definition) is 9. The van der Waals surface area contributed by atoms with Gasteiger partial charge in [-0.2, -0.15) is 0 Å². The highest BCUT2D eigenvalue weighted by atomic mass is 35.5. The van der Waals surface area contributed by atoms with Gasteiger partial charge in [0.2, 0.25) is 5.95 Å². The lowest BCUT2D eigenvalue weighted by Gasteiger charge is -2.31. The summed E-state index contributed by atoms with van der Waals surface area (Å²) in [7, 11) is -3.48. The summed E-state index contributed by atoms with van der Waals surface area (Å²) in [4.78, 5) is 25.7. The van der Waals surface area contributed by atoms with Crippen LogP contribution in [0, 0.1) is 0 Å². The van der Waals surface area contributed by atoms with Crippen molar-refractivity contribution in [3.05, 3.63) is 58.2 Å². The van der Waals surface area contributed by atoms with E-state index in [0.29, 0.717) is 37.7 Å². The van der Waals surface area contributed by atoms with Gasteiger partial charge in [-0.05, 0) is 30.3 Å². The number of carbonyl (C=O) groups excluding carboxylic acids is 1. The number of aromatic nitrogens is 2. The summed E-state index contributed by atoms with van der Waals surface area (Å²) in [5.74, 6) is 0.237. The number of nitrogens with one attached hydrogen (secondary N) is 2. The summed E-state index contributed by atoms with van der Waals surface area (Å²) in [5, 5.41) is 7.62. The van der Waals surface area contributed by atoms with Gasteiger partial charge in [-0.3, -0.25) is 9.69 Å². The zero-order chi connectivity index (χ0) is 25.4. The average molecular weight is 566 g/mol. The lowest BCUT2D eigenvalue weighted by molar-refractivity contribution is 0.0985. The second-order valence-electron chi connectivity index (χ2n) is 8.31. The standard InChI is InChI=1S/C23H22Cl2N6O3S2/c1-36(33,34)19-11-14(5-6-18(19)30-9-7-26-8-10-30)28-23-27-12-15-21(29-23)35-13-31(22(15)32)20-16(24)3-2-4-17(20)25/h2-6,11-12,26H,7-10,13H2,1H3,(H,27,28,29). The van der Waals surface area contributed by atoms with Crippen molar-refractivity contribution < 1.29 is 13.2 Å². The van der Waals surface area contributed by atoms with Gasteiger partial charge in [0.15, 0.2) is 9.84 Å². The van der Waals surface area contributed by atoms with Gasteiger partial charge in [0.1, 0.15) is 5.03 Å². The normalized spacial score (nSPS) is 16.1. The molecule has 2 aromatic carbocycles. The third-order valence-electron chi connectivity index (χ3n) is 5.84.